The summed E-state index contributed by atoms with van der Waals surface area (Å²) in [4.78, 5) is 5.55. The second-order valence-electron chi connectivity index (χ2n) is 4.37. The lowest BCUT2D eigenvalue weighted by atomic mass is 10.2. The van der Waals surface area contributed by atoms with Crippen LogP contribution in [-0.2, 0) is 10.0 Å². The number of pyridine rings is 1. The number of nitrogens with one attached hydrogen (secondary N) is 1. The van der Waals surface area contributed by atoms with E-state index < -0.39 is 10.0 Å². The van der Waals surface area contributed by atoms with Crippen molar-refractivity contribution in [2.75, 3.05) is 0 Å². The fourth-order valence-electron chi connectivity index (χ4n) is 1.75. The van der Waals surface area contributed by atoms with Crippen LogP contribution in [0, 0.1) is 6.92 Å². The van der Waals surface area contributed by atoms with E-state index in [0.29, 0.717) is 21.2 Å². The van der Waals surface area contributed by atoms with Crippen LogP contribution in [0.15, 0.2) is 34.3 Å². The van der Waals surface area contributed by atoms with E-state index >= 15 is 0 Å². The van der Waals surface area contributed by atoms with Crippen LogP contribution >= 0.6 is 46.4 Å². The van der Waals surface area contributed by atoms with Gasteiger partial charge in [-0.15, -0.1) is 0 Å². The molecule has 5 nitrogen and oxygen atoms in total. The third kappa shape index (κ3) is 4.28. The maximum absolute atomic E-state index is 12.3. The van der Waals surface area contributed by atoms with Crippen LogP contribution in [0.2, 0.25) is 20.4 Å². The highest BCUT2D eigenvalue weighted by Crippen LogP contribution is 2.26. The Morgan fingerprint density at radius 1 is 1.17 bits per heavy atom. The van der Waals surface area contributed by atoms with Crippen LogP contribution in [0.5, 0.6) is 0 Å². The fourth-order valence-corrected chi connectivity index (χ4v) is 4.11. The highest BCUT2D eigenvalue weighted by molar-refractivity contribution is 7.89. The molecule has 0 unspecified atom stereocenters. The number of hydrazone groups is 1. The molecule has 0 aliphatic carbocycles. The number of hydrogen-bond donors (Lipinski definition) is 1. The van der Waals surface area contributed by atoms with Gasteiger partial charge in [0.25, 0.3) is 10.0 Å². The van der Waals surface area contributed by atoms with Crippen LogP contribution in [0.3, 0.4) is 0 Å². The van der Waals surface area contributed by atoms with Crippen LogP contribution in [0.4, 0.5) is 0 Å². The average molecular weight is 413 g/mol. The van der Waals surface area contributed by atoms with Gasteiger partial charge in [0.1, 0.15) is 10.0 Å². The lowest BCUT2D eigenvalue weighted by molar-refractivity contribution is 0.583. The second-order valence-corrected chi connectivity index (χ2v) is 7.53. The molecule has 0 fully saturated rings. The van der Waals surface area contributed by atoms with Crippen molar-refractivity contribution in [2.24, 2.45) is 5.10 Å². The van der Waals surface area contributed by atoms with E-state index in [0.717, 1.165) is 0 Å². The quantitative estimate of drug-likeness (QED) is 0.461. The molecule has 0 spiro atoms. The molecule has 10 heteroatoms. The molecule has 0 aliphatic heterocycles. The van der Waals surface area contributed by atoms with Gasteiger partial charge < -0.3 is 0 Å². The highest BCUT2D eigenvalue weighted by Gasteiger charge is 2.22. The lowest BCUT2D eigenvalue weighted by Crippen LogP contribution is -2.20. The van der Waals surface area contributed by atoms with Crippen molar-refractivity contribution >= 4 is 62.6 Å². The Morgan fingerprint density at radius 2 is 1.78 bits per heavy atom. The fraction of sp³-hybridized carbons (Fsp3) is 0.0769. The van der Waals surface area contributed by atoms with Gasteiger partial charge in [-0.3, -0.25) is 0 Å². The average Bonchev–Trinajstić information content (AvgIpc) is 2.40. The van der Waals surface area contributed by atoms with Gasteiger partial charge in [0.2, 0.25) is 0 Å². The third-order valence-corrected chi connectivity index (χ3v) is 5.36. The maximum atomic E-state index is 12.3. The summed E-state index contributed by atoms with van der Waals surface area (Å²) in [6, 6.07) is 6.26. The zero-order chi connectivity index (χ0) is 17.2. The number of sulfonamides is 1. The Kier molecular flexibility index (Phi) is 5.75. The summed E-state index contributed by atoms with van der Waals surface area (Å²) in [5.41, 5.74) is 0.726. The van der Waals surface area contributed by atoms with Crippen LogP contribution < -0.4 is 4.83 Å². The SMILES string of the molecule is Cc1cc(Cl)nc(Cl)c1S(=O)(=O)NN=Cc1c(Cl)cccc1Cl. The van der Waals surface area contributed by atoms with E-state index in [2.05, 4.69) is 10.1 Å². The molecule has 2 rings (SSSR count). The number of hydrogen-bond acceptors (Lipinski definition) is 4. The largest absolute Gasteiger partial charge is 0.279 e. The summed E-state index contributed by atoms with van der Waals surface area (Å²) in [5.74, 6) is 0. The molecule has 23 heavy (non-hydrogen) atoms. The molecule has 0 saturated carbocycles. The molecule has 0 atom stereocenters. The lowest BCUT2D eigenvalue weighted by Gasteiger charge is -2.08. The summed E-state index contributed by atoms with van der Waals surface area (Å²) in [6.07, 6.45) is 1.20. The smallest absolute Gasteiger partial charge is 0.223 e. The van der Waals surface area contributed by atoms with Gasteiger partial charge in [0.15, 0.2) is 5.15 Å². The van der Waals surface area contributed by atoms with E-state index in [1.165, 1.54) is 12.3 Å². The van der Waals surface area contributed by atoms with Gasteiger partial charge >= 0.3 is 0 Å². The zero-order valence-corrected chi connectivity index (χ0v) is 15.4. The number of benzene rings is 1. The molecular formula is C13H9Cl4N3O2S. The first-order valence-electron chi connectivity index (χ1n) is 6.04. The minimum atomic E-state index is -4.02. The predicted octanol–water partition coefficient (Wildman–Crippen LogP) is 4.32. The van der Waals surface area contributed by atoms with E-state index in [1.54, 1.807) is 25.1 Å². The standard InChI is InChI=1S/C13H9Cl4N3O2S/c1-7-5-11(16)19-13(17)12(7)23(21,22)20-18-6-8-9(14)3-2-4-10(8)15/h2-6,20H,1H3. The molecule has 2 aromatic rings. The minimum Gasteiger partial charge on any atom is -0.223 e. The van der Waals surface area contributed by atoms with Crippen LogP contribution in [-0.4, -0.2) is 19.6 Å². The zero-order valence-electron chi connectivity index (χ0n) is 11.5. The van der Waals surface area contributed by atoms with Gasteiger partial charge in [-0.2, -0.15) is 18.4 Å². The minimum absolute atomic E-state index is 0.0952. The molecular weight excluding hydrogens is 404 g/mol. The molecule has 0 radical (unpaired) electrons. The summed E-state index contributed by atoms with van der Waals surface area (Å²) in [7, 11) is -4.02. The number of nitrogens with zero attached hydrogens (tertiary/aromatic N) is 2. The van der Waals surface area contributed by atoms with Crippen LogP contribution in [0.1, 0.15) is 11.1 Å². The van der Waals surface area contributed by atoms with Crippen molar-refractivity contribution in [2.45, 2.75) is 11.8 Å². The van der Waals surface area contributed by atoms with Crippen molar-refractivity contribution < 1.29 is 8.42 Å². The molecule has 0 saturated heterocycles. The van der Waals surface area contributed by atoms with E-state index in [4.69, 9.17) is 46.4 Å². The Hall–Kier alpha value is -1.05. The molecule has 0 aliphatic rings. The maximum Gasteiger partial charge on any atom is 0.279 e. The van der Waals surface area contributed by atoms with E-state index in [-0.39, 0.29) is 15.2 Å². The van der Waals surface area contributed by atoms with Crippen molar-refractivity contribution in [3.8, 4) is 0 Å². The summed E-state index contributed by atoms with van der Waals surface area (Å²) < 4.78 is 24.6. The normalized spacial score (nSPS) is 11.9. The van der Waals surface area contributed by atoms with Gasteiger partial charge in [-0.05, 0) is 30.7 Å². The Bertz CT molecular complexity index is 842. The van der Waals surface area contributed by atoms with Crippen molar-refractivity contribution in [1.29, 1.82) is 0 Å². The first-order valence-corrected chi connectivity index (χ1v) is 9.03. The van der Waals surface area contributed by atoms with Crippen molar-refractivity contribution in [3.05, 3.63) is 55.7 Å². The number of rotatable bonds is 4. The molecule has 1 aromatic carbocycles. The summed E-state index contributed by atoms with van der Waals surface area (Å²) in [6.45, 7) is 1.54. The summed E-state index contributed by atoms with van der Waals surface area (Å²) in [5, 5.41) is 4.19. The molecule has 1 aromatic heterocycles. The highest BCUT2D eigenvalue weighted by atomic mass is 35.5. The Balaban J connectivity index is 2.32. The van der Waals surface area contributed by atoms with Gasteiger partial charge in [0.05, 0.1) is 16.3 Å². The number of aromatic nitrogens is 1. The molecule has 1 heterocycles. The number of aryl methyl sites for hydroxylation is 1. The summed E-state index contributed by atoms with van der Waals surface area (Å²) >= 11 is 23.5. The van der Waals surface area contributed by atoms with Gasteiger partial charge in [-0.25, -0.2) is 4.98 Å². The van der Waals surface area contributed by atoms with Crippen LogP contribution in [0.25, 0.3) is 0 Å². The Morgan fingerprint density at radius 3 is 2.35 bits per heavy atom. The van der Waals surface area contributed by atoms with E-state index in [9.17, 15) is 8.42 Å². The topological polar surface area (TPSA) is 71.4 Å². The van der Waals surface area contributed by atoms with Crippen molar-refractivity contribution in [3.63, 3.8) is 0 Å². The molecule has 122 valence electrons. The monoisotopic (exact) mass is 411 g/mol. The Labute approximate surface area is 153 Å². The van der Waals surface area contributed by atoms with Crippen molar-refractivity contribution in [1.82, 2.24) is 9.82 Å². The predicted molar refractivity (Wildman–Crippen MR) is 93.4 cm³/mol. The first-order chi connectivity index (χ1) is 10.7. The van der Waals surface area contributed by atoms with E-state index in [1.807, 2.05) is 4.83 Å². The molecule has 0 amide bonds. The number of halogens is 4. The first kappa shape index (κ1) is 18.3. The molecule has 1 N–H and O–H groups in total. The third-order valence-electron chi connectivity index (χ3n) is 2.72. The van der Waals surface area contributed by atoms with Gasteiger partial charge in [0, 0.05) is 5.56 Å². The second kappa shape index (κ2) is 7.23. The molecule has 0 bridgehead atoms. The van der Waals surface area contributed by atoms with Gasteiger partial charge in [-0.1, -0.05) is 52.5 Å².